The highest BCUT2D eigenvalue weighted by atomic mass is 16.1. The number of hydrogen-bond donors (Lipinski definition) is 0. The van der Waals surface area contributed by atoms with E-state index in [4.69, 9.17) is 0 Å². The van der Waals surface area contributed by atoms with Crippen LogP contribution in [0.3, 0.4) is 0 Å². The molecule has 0 radical (unpaired) electrons. The molecule has 19 heavy (non-hydrogen) atoms. The van der Waals surface area contributed by atoms with E-state index in [2.05, 4.69) is 38.1 Å². The zero-order chi connectivity index (χ0) is 13.4. The molecule has 0 saturated heterocycles. The van der Waals surface area contributed by atoms with Gasteiger partial charge in [0, 0.05) is 11.5 Å². The molecule has 0 fully saturated rings. The summed E-state index contributed by atoms with van der Waals surface area (Å²) >= 11 is 0. The van der Waals surface area contributed by atoms with E-state index in [0.717, 1.165) is 31.2 Å². The van der Waals surface area contributed by atoms with Crippen molar-refractivity contribution in [3.63, 3.8) is 0 Å². The Bertz CT molecular complexity index is 629. The first kappa shape index (κ1) is 12.4. The molecule has 3 rings (SSSR count). The van der Waals surface area contributed by atoms with Crippen LogP contribution >= 0.6 is 0 Å². The summed E-state index contributed by atoms with van der Waals surface area (Å²) < 4.78 is 0. The third-order valence-electron chi connectivity index (χ3n) is 4.31. The number of ketones is 1. The lowest BCUT2D eigenvalue weighted by atomic mass is 9.90. The summed E-state index contributed by atoms with van der Waals surface area (Å²) in [6.07, 6.45) is 4.28. The van der Waals surface area contributed by atoms with Crippen LogP contribution in [0.1, 0.15) is 48.2 Å². The molecule has 1 atom stereocenters. The SMILES string of the molecule is CCCC(C)C(=O)c1ccc2c3c(cccc13)CC2. The minimum absolute atomic E-state index is 0.128. The van der Waals surface area contributed by atoms with Gasteiger partial charge in [0.2, 0.25) is 0 Å². The van der Waals surface area contributed by atoms with Crippen molar-refractivity contribution in [2.75, 3.05) is 0 Å². The lowest BCUT2D eigenvalue weighted by Gasteiger charge is -2.12. The highest BCUT2D eigenvalue weighted by Gasteiger charge is 2.21. The van der Waals surface area contributed by atoms with E-state index < -0.39 is 0 Å². The van der Waals surface area contributed by atoms with Gasteiger partial charge < -0.3 is 0 Å². The highest BCUT2D eigenvalue weighted by molar-refractivity contribution is 6.10. The van der Waals surface area contributed by atoms with Gasteiger partial charge in [-0.3, -0.25) is 4.79 Å². The molecule has 0 N–H and O–H groups in total. The number of hydrogen-bond acceptors (Lipinski definition) is 1. The number of carbonyl (C=O) groups is 1. The second-order valence-corrected chi connectivity index (χ2v) is 5.67. The van der Waals surface area contributed by atoms with E-state index in [0.29, 0.717) is 5.78 Å². The Morgan fingerprint density at radius 1 is 1.16 bits per heavy atom. The summed E-state index contributed by atoms with van der Waals surface area (Å²) in [4.78, 5) is 12.6. The fourth-order valence-electron chi connectivity index (χ4n) is 3.29. The average molecular weight is 252 g/mol. The quantitative estimate of drug-likeness (QED) is 0.729. The van der Waals surface area contributed by atoms with Crippen molar-refractivity contribution in [2.45, 2.75) is 39.5 Å². The second-order valence-electron chi connectivity index (χ2n) is 5.67. The van der Waals surface area contributed by atoms with Gasteiger partial charge in [0.1, 0.15) is 0 Å². The molecule has 0 spiro atoms. The van der Waals surface area contributed by atoms with Gasteiger partial charge in [0.25, 0.3) is 0 Å². The molecule has 0 aromatic heterocycles. The van der Waals surface area contributed by atoms with Crippen LogP contribution in [0.25, 0.3) is 10.8 Å². The lowest BCUT2D eigenvalue weighted by molar-refractivity contribution is 0.0925. The van der Waals surface area contributed by atoms with E-state index in [9.17, 15) is 4.79 Å². The maximum Gasteiger partial charge on any atom is 0.166 e. The predicted molar refractivity (Wildman–Crippen MR) is 79.8 cm³/mol. The Labute approximate surface area is 114 Å². The zero-order valence-electron chi connectivity index (χ0n) is 11.7. The summed E-state index contributed by atoms with van der Waals surface area (Å²) in [5.41, 5.74) is 3.74. The summed E-state index contributed by atoms with van der Waals surface area (Å²) in [7, 11) is 0. The molecule has 1 aliphatic carbocycles. The van der Waals surface area contributed by atoms with Gasteiger partial charge in [-0.25, -0.2) is 0 Å². The standard InChI is InChI=1S/C18H20O/c1-3-5-12(2)18(19)16-11-10-14-9-8-13-6-4-7-15(16)17(13)14/h4,6-7,10-12H,3,5,8-9H2,1-2H3. The van der Waals surface area contributed by atoms with Crippen LogP contribution in [-0.4, -0.2) is 5.78 Å². The molecule has 0 amide bonds. The van der Waals surface area contributed by atoms with Crippen LogP contribution in [0.15, 0.2) is 30.3 Å². The summed E-state index contributed by atoms with van der Waals surface area (Å²) in [6.45, 7) is 4.19. The lowest BCUT2D eigenvalue weighted by Crippen LogP contribution is -2.11. The van der Waals surface area contributed by atoms with Crippen molar-refractivity contribution < 1.29 is 4.79 Å². The van der Waals surface area contributed by atoms with Crippen molar-refractivity contribution in [1.82, 2.24) is 0 Å². The third kappa shape index (κ3) is 1.98. The maximum atomic E-state index is 12.6. The van der Waals surface area contributed by atoms with Gasteiger partial charge in [0.05, 0.1) is 0 Å². The molecular weight excluding hydrogens is 232 g/mol. The van der Waals surface area contributed by atoms with Gasteiger partial charge in [-0.05, 0) is 41.2 Å². The number of benzene rings is 2. The molecule has 0 heterocycles. The van der Waals surface area contributed by atoms with E-state index in [1.165, 1.54) is 21.9 Å². The van der Waals surface area contributed by atoms with Gasteiger partial charge in [-0.1, -0.05) is 50.6 Å². The first-order valence-electron chi connectivity index (χ1n) is 7.30. The van der Waals surface area contributed by atoms with Crippen LogP contribution in [-0.2, 0) is 12.8 Å². The number of rotatable bonds is 4. The largest absolute Gasteiger partial charge is 0.294 e. The Morgan fingerprint density at radius 3 is 2.63 bits per heavy atom. The van der Waals surface area contributed by atoms with Crippen molar-refractivity contribution in [3.8, 4) is 0 Å². The third-order valence-corrected chi connectivity index (χ3v) is 4.31. The number of carbonyl (C=O) groups excluding carboxylic acids is 1. The molecule has 1 unspecified atom stereocenters. The van der Waals surface area contributed by atoms with Gasteiger partial charge in [-0.15, -0.1) is 0 Å². The zero-order valence-corrected chi connectivity index (χ0v) is 11.7. The van der Waals surface area contributed by atoms with E-state index in [1.807, 2.05) is 6.07 Å². The monoisotopic (exact) mass is 252 g/mol. The minimum atomic E-state index is 0.128. The first-order valence-corrected chi connectivity index (χ1v) is 7.30. The van der Waals surface area contributed by atoms with Crippen LogP contribution in [0.2, 0.25) is 0 Å². The van der Waals surface area contributed by atoms with E-state index in [1.54, 1.807) is 0 Å². The van der Waals surface area contributed by atoms with Crippen molar-refractivity contribution in [3.05, 3.63) is 47.0 Å². The van der Waals surface area contributed by atoms with Crippen molar-refractivity contribution in [2.24, 2.45) is 5.92 Å². The minimum Gasteiger partial charge on any atom is -0.294 e. The molecule has 2 aromatic carbocycles. The Hall–Kier alpha value is -1.63. The molecule has 0 saturated carbocycles. The second kappa shape index (κ2) is 4.80. The van der Waals surface area contributed by atoms with Crippen molar-refractivity contribution >= 4 is 16.6 Å². The molecule has 1 aliphatic rings. The summed E-state index contributed by atoms with van der Waals surface area (Å²) in [6, 6.07) is 10.6. The van der Waals surface area contributed by atoms with Crippen molar-refractivity contribution in [1.29, 1.82) is 0 Å². The highest BCUT2D eigenvalue weighted by Crippen LogP contribution is 2.33. The van der Waals surface area contributed by atoms with Crippen LogP contribution in [0, 0.1) is 5.92 Å². The van der Waals surface area contributed by atoms with Gasteiger partial charge in [-0.2, -0.15) is 0 Å². The molecule has 1 nitrogen and oxygen atoms in total. The number of aryl methyl sites for hydroxylation is 2. The predicted octanol–water partition coefficient (Wildman–Crippen LogP) is 4.56. The van der Waals surface area contributed by atoms with Gasteiger partial charge in [0.15, 0.2) is 5.78 Å². The van der Waals surface area contributed by atoms with E-state index in [-0.39, 0.29) is 5.92 Å². The molecule has 0 bridgehead atoms. The number of Topliss-reactive ketones (excluding diaryl/α,β-unsaturated/α-hetero) is 1. The van der Waals surface area contributed by atoms with Crippen LogP contribution in [0.5, 0.6) is 0 Å². The average Bonchev–Trinajstić information content (AvgIpc) is 2.84. The van der Waals surface area contributed by atoms with Crippen LogP contribution < -0.4 is 0 Å². The molecular formula is C18H20O. The smallest absolute Gasteiger partial charge is 0.166 e. The topological polar surface area (TPSA) is 17.1 Å². The summed E-state index contributed by atoms with van der Waals surface area (Å²) in [5.74, 6) is 0.431. The maximum absolute atomic E-state index is 12.6. The summed E-state index contributed by atoms with van der Waals surface area (Å²) in [5, 5.41) is 2.51. The van der Waals surface area contributed by atoms with Crippen LogP contribution in [0.4, 0.5) is 0 Å². The first-order chi connectivity index (χ1) is 9.22. The fourth-order valence-corrected chi connectivity index (χ4v) is 3.29. The van der Waals surface area contributed by atoms with Gasteiger partial charge >= 0.3 is 0 Å². The Balaban J connectivity index is 2.13. The molecule has 2 aromatic rings. The molecule has 98 valence electrons. The molecule has 0 aliphatic heterocycles. The fraction of sp³-hybridized carbons (Fsp3) is 0.389. The van der Waals surface area contributed by atoms with E-state index >= 15 is 0 Å². The Morgan fingerprint density at radius 2 is 1.89 bits per heavy atom. The normalized spacial score (nSPS) is 14.8. The Kier molecular flexibility index (Phi) is 3.14. The molecule has 1 heteroatoms.